The molecule has 1 N–H and O–H groups in total. The zero-order valence-corrected chi connectivity index (χ0v) is 19.7. The van der Waals surface area contributed by atoms with E-state index in [1.165, 1.54) is 12.1 Å². The Morgan fingerprint density at radius 3 is 2.43 bits per heavy atom. The monoisotopic (exact) mass is 490 g/mol. The number of nitrogens with zero attached hydrogens (tertiary/aromatic N) is 1. The first-order valence-electron chi connectivity index (χ1n) is 12.1. The van der Waals surface area contributed by atoms with E-state index in [-0.39, 0.29) is 42.7 Å². The number of amides is 2. The Morgan fingerprint density at radius 1 is 1.00 bits per heavy atom. The molecule has 2 unspecified atom stereocenters. The number of carbonyl (C=O) groups excluding carboxylic acids is 2. The maximum atomic E-state index is 13.9. The van der Waals surface area contributed by atoms with Gasteiger partial charge in [0.15, 0.2) is 0 Å². The lowest BCUT2D eigenvalue weighted by Gasteiger charge is -2.41. The summed E-state index contributed by atoms with van der Waals surface area (Å²) in [4.78, 5) is 28.2. The number of carbonyl (C=O) groups is 2. The number of piperidine rings is 1. The lowest BCUT2D eigenvalue weighted by atomic mass is 9.86. The van der Waals surface area contributed by atoms with Crippen molar-refractivity contribution in [1.82, 2.24) is 10.2 Å². The molecule has 2 fully saturated rings. The SMILES string of the molecule is Cc1cc(C2CCC(C(=O)NCc3cccc(C(F)(F)F)c3)CN2C(=O)C2CCCC2)ccc1F. The summed E-state index contributed by atoms with van der Waals surface area (Å²) >= 11 is 0. The van der Waals surface area contributed by atoms with Gasteiger partial charge in [-0.1, -0.05) is 37.1 Å². The minimum atomic E-state index is -4.45. The Hall–Kier alpha value is -2.90. The summed E-state index contributed by atoms with van der Waals surface area (Å²) in [7, 11) is 0. The summed E-state index contributed by atoms with van der Waals surface area (Å²) in [6, 6.07) is 9.55. The molecule has 4 nitrogen and oxygen atoms in total. The summed E-state index contributed by atoms with van der Waals surface area (Å²) in [5.74, 6) is -1.06. The standard InChI is InChI=1S/C27H30F4N2O2/c1-17-13-20(9-11-23(17)28)24-12-10-21(16-33(24)26(35)19-6-2-3-7-19)25(34)32-15-18-5-4-8-22(14-18)27(29,30)31/h4-5,8-9,11,13-14,19,21,24H,2-3,6-7,10,12,15-16H2,1H3,(H,32,34). The van der Waals surface area contributed by atoms with Crippen LogP contribution in [0, 0.1) is 24.6 Å². The summed E-state index contributed by atoms with van der Waals surface area (Å²) in [5.41, 5.74) is 0.977. The van der Waals surface area contributed by atoms with Crippen LogP contribution in [0.5, 0.6) is 0 Å². The average molecular weight is 491 g/mol. The molecule has 1 heterocycles. The fourth-order valence-corrected chi connectivity index (χ4v) is 5.25. The van der Waals surface area contributed by atoms with Crippen molar-refractivity contribution in [3.05, 3.63) is 70.5 Å². The van der Waals surface area contributed by atoms with Gasteiger partial charge in [-0.25, -0.2) is 4.39 Å². The number of halogens is 4. The van der Waals surface area contributed by atoms with E-state index in [0.29, 0.717) is 24.0 Å². The second-order valence-corrected chi connectivity index (χ2v) is 9.69. The first kappa shape index (κ1) is 25.2. The molecule has 2 amide bonds. The minimum absolute atomic E-state index is 0.0175. The van der Waals surface area contributed by atoms with E-state index >= 15 is 0 Å². The quantitative estimate of drug-likeness (QED) is 0.528. The fourth-order valence-electron chi connectivity index (χ4n) is 5.25. The smallest absolute Gasteiger partial charge is 0.352 e. The largest absolute Gasteiger partial charge is 0.416 e. The Bertz CT molecular complexity index is 1080. The molecule has 0 bridgehead atoms. The second-order valence-electron chi connectivity index (χ2n) is 9.69. The molecular formula is C27H30F4N2O2. The first-order chi connectivity index (χ1) is 16.6. The number of rotatable bonds is 5. The summed E-state index contributed by atoms with van der Waals surface area (Å²) in [5, 5.41) is 2.75. The van der Waals surface area contributed by atoms with Crippen molar-refractivity contribution in [1.29, 1.82) is 0 Å². The summed E-state index contributed by atoms with van der Waals surface area (Å²) in [6.07, 6.45) is 0.318. The van der Waals surface area contributed by atoms with Gasteiger partial charge in [-0.2, -0.15) is 13.2 Å². The second kappa shape index (κ2) is 10.4. The molecule has 1 aliphatic carbocycles. The van der Waals surface area contributed by atoms with Gasteiger partial charge < -0.3 is 10.2 Å². The molecule has 0 spiro atoms. The molecule has 188 valence electrons. The van der Waals surface area contributed by atoms with Gasteiger partial charge in [0.25, 0.3) is 0 Å². The van der Waals surface area contributed by atoms with E-state index in [0.717, 1.165) is 43.4 Å². The van der Waals surface area contributed by atoms with Crippen molar-refractivity contribution in [3.63, 3.8) is 0 Å². The van der Waals surface area contributed by atoms with Crippen LogP contribution in [-0.4, -0.2) is 23.3 Å². The van der Waals surface area contributed by atoms with Gasteiger partial charge in [-0.05, 0) is 67.5 Å². The zero-order valence-electron chi connectivity index (χ0n) is 19.7. The summed E-state index contributed by atoms with van der Waals surface area (Å²) in [6.45, 7) is 1.91. The van der Waals surface area contributed by atoms with Gasteiger partial charge in [0.1, 0.15) is 5.82 Å². The van der Waals surface area contributed by atoms with Gasteiger partial charge >= 0.3 is 6.18 Å². The van der Waals surface area contributed by atoms with Crippen LogP contribution >= 0.6 is 0 Å². The summed E-state index contributed by atoms with van der Waals surface area (Å²) < 4.78 is 52.8. The molecule has 0 aromatic heterocycles. The molecule has 2 aromatic rings. The van der Waals surface area contributed by atoms with Crippen molar-refractivity contribution in [2.75, 3.05) is 6.54 Å². The maximum absolute atomic E-state index is 13.9. The lowest BCUT2D eigenvalue weighted by molar-refractivity contribution is -0.142. The van der Waals surface area contributed by atoms with Gasteiger partial charge in [-0.15, -0.1) is 0 Å². The number of benzene rings is 2. The molecule has 1 saturated carbocycles. The highest BCUT2D eigenvalue weighted by atomic mass is 19.4. The third-order valence-corrected chi connectivity index (χ3v) is 7.23. The maximum Gasteiger partial charge on any atom is 0.416 e. The van der Waals surface area contributed by atoms with Crippen molar-refractivity contribution < 1.29 is 27.2 Å². The van der Waals surface area contributed by atoms with Crippen LogP contribution in [0.3, 0.4) is 0 Å². The minimum Gasteiger partial charge on any atom is -0.352 e. The van der Waals surface area contributed by atoms with Crippen molar-refractivity contribution in [2.45, 2.75) is 64.2 Å². The van der Waals surface area contributed by atoms with E-state index in [9.17, 15) is 27.2 Å². The van der Waals surface area contributed by atoms with Gasteiger partial charge in [0.05, 0.1) is 17.5 Å². The Balaban J connectivity index is 1.47. The van der Waals surface area contributed by atoms with Crippen LogP contribution < -0.4 is 5.32 Å². The van der Waals surface area contributed by atoms with E-state index in [4.69, 9.17) is 0 Å². The number of likely N-dealkylation sites (tertiary alicyclic amines) is 1. The molecule has 1 aliphatic heterocycles. The van der Waals surface area contributed by atoms with Crippen LogP contribution in [0.1, 0.15) is 66.8 Å². The molecule has 2 atom stereocenters. The van der Waals surface area contributed by atoms with Gasteiger partial charge in [-0.3, -0.25) is 9.59 Å². The van der Waals surface area contributed by atoms with E-state index in [1.807, 2.05) is 0 Å². The van der Waals surface area contributed by atoms with Crippen LogP contribution in [0.15, 0.2) is 42.5 Å². The molecular weight excluding hydrogens is 460 g/mol. The van der Waals surface area contributed by atoms with Gasteiger partial charge in [0.2, 0.25) is 11.8 Å². The first-order valence-corrected chi connectivity index (χ1v) is 12.1. The highest BCUT2D eigenvalue weighted by molar-refractivity contribution is 5.83. The normalized spacial score (nSPS) is 21.2. The lowest BCUT2D eigenvalue weighted by Crippen LogP contribution is -2.48. The van der Waals surface area contributed by atoms with E-state index < -0.39 is 17.7 Å². The Kier molecular flexibility index (Phi) is 7.47. The number of hydrogen-bond donors (Lipinski definition) is 1. The van der Waals surface area contributed by atoms with Crippen LogP contribution in [-0.2, 0) is 22.3 Å². The Labute approximate surface area is 202 Å². The van der Waals surface area contributed by atoms with Gasteiger partial charge in [0, 0.05) is 19.0 Å². The molecule has 1 saturated heterocycles. The van der Waals surface area contributed by atoms with Crippen LogP contribution in [0.4, 0.5) is 17.6 Å². The Morgan fingerprint density at radius 2 is 1.74 bits per heavy atom. The van der Waals surface area contributed by atoms with E-state index in [1.54, 1.807) is 30.0 Å². The number of alkyl halides is 3. The molecule has 2 aliphatic rings. The van der Waals surface area contributed by atoms with Crippen LogP contribution in [0.25, 0.3) is 0 Å². The zero-order chi connectivity index (χ0) is 25.2. The topological polar surface area (TPSA) is 49.4 Å². The number of hydrogen-bond acceptors (Lipinski definition) is 2. The third kappa shape index (κ3) is 5.85. The molecule has 8 heteroatoms. The molecule has 0 radical (unpaired) electrons. The fraction of sp³-hybridized carbons (Fsp3) is 0.481. The average Bonchev–Trinajstić information content (AvgIpc) is 3.38. The molecule has 35 heavy (non-hydrogen) atoms. The third-order valence-electron chi connectivity index (χ3n) is 7.23. The van der Waals surface area contributed by atoms with Crippen molar-refractivity contribution in [3.8, 4) is 0 Å². The molecule has 2 aromatic carbocycles. The van der Waals surface area contributed by atoms with E-state index in [2.05, 4.69) is 5.32 Å². The highest BCUT2D eigenvalue weighted by Gasteiger charge is 2.38. The van der Waals surface area contributed by atoms with Crippen molar-refractivity contribution >= 4 is 11.8 Å². The van der Waals surface area contributed by atoms with Crippen molar-refractivity contribution in [2.24, 2.45) is 11.8 Å². The number of nitrogens with one attached hydrogen (secondary N) is 1. The predicted octanol–water partition coefficient (Wildman–Crippen LogP) is 5.94. The van der Waals surface area contributed by atoms with Crippen LogP contribution in [0.2, 0.25) is 0 Å². The molecule has 4 rings (SSSR count). The number of aryl methyl sites for hydroxylation is 1. The predicted molar refractivity (Wildman–Crippen MR) is 124 cm³/mol. The highest BCUT2D eigenvalue weighted by Crippen LogP contribution is 2.38.